The molecule has 2 unspecified atom stereocenters. The number of quaternary nitrogens is 1. The van der Waals surface area contributed by atoms with E-state index in [1.54, 1.807) is 0 Å². The van der Waals surface area contributed by atoms with Crippen molar-refractivity contribution in [2.75, 3.05) is 40.9 Å². The van der Waals surface area contributed by atoms with E-state index in [4.69, 9.17) is 9.05 Å². The van der Waals surface area contributed by atoms with Crippen molar-refractivity contribution in [1.82, 2.24) is 0 Å². The molecular formula is C42H89NO4P+. The molecule has 0 radical (unpaired) electrons. The average molecular weight is 703 g/mol. The second kappa shape index (κ2) is 35.5. The standard InChI is InChI=1S/C42H88NO4P/c1-6-8-10-12-14-16-18-20-22-24-26-28-30-32-34-36-38-42(41-47-48(44,45)46-40-39-43(3,4)5)37-35-33-31-29-27-25-23-21-19-17-15-13-11-9-7-2/h42H,6-41H2,1-5H3/p+1. The van der Waals surface area contributed by atoms with E-state index in [2.05, 4.69) is 35.0 Å². The Kier molecular flexibility index (Phi) is 35.5. The Morgan fingerprint density at radius 1 is 0.458 bits per heavy atom. The van der Waals surface area contributed by atoms with Gasteiger partial charge in [0.15, 0.2) is 0 Å². The lowest BCUT2D eigenvalue weighted by Crippen LogP contribution is -2.37. The molecule has 0 spiro atoms. The predicted octanol–water partition coefficient (Wildman–Crippen LogP) is 14.4. The number of phosphoric acid groups is 1. The molecule has 1 N–H and O–H groups in total. The predicted molar refractivity (Wildman–Crippen MR) is 212 cm³/mol. The van der Waals surface area contributed by atoms with Gasteiger partial charge < -0.3 is 9.38 Å². The number of rotatable bonds is 40. The molecule has 0 rings (SSSR count). The van der Waals surface area contributed by atoms with Gasteiger partial charge in [-0.3, -0.25) is 9.05 Å². The van der Waals surface area contributed by atoms with Crippen molar-refractivity contribution in [2.24, 2.45) is 5.92 Å². The number of nitrogens with zero attached hydrogens (tertiary/aromatic N) is 1. The van der Waals surface area contributed by atoms with E-state index in [9.17, 15) is 9.46 Å². The minimum Gasteiger partial charge on any atom is -0.329 e. The number of phosphoric ester groups is 1. The second-order valence-corrected chi connectivity index (χ2v) is 17.8. The van der Waals surface area contributed by atoms with Gasteiger partial charge in [0.1, 0.15) is 13.2 Å². The van der Waals surface area contributed by atoms with Gasteiger partial charge in [0.2, 0.25) is 0 Å². The highest BCUT2D eigenvalue weighted by Crippen LogP contribution is 2.44. The Labute approximate surface area is 302 Å². The lowest BCUT2D eigenvalue weighted by atomic mass is 9.94. The van der Waals surface area contributed by atoms with Crippen LogP contribution in [0.5, 0.6) is 0 Å². The fraction of sp³-hybridized carbons (Fsp3) is 1.00. The molecule has 0 bridgehead atoms. The van der Waals surface area contributed by atoms with Crippen molar-refractivity contribution in [1.29, 1.82) is 0 Å². The zero-order valence-electron chi connectivity index (χ0n) is 33.6. The molecule has 0 aliphatic heterocycles. The zero-order chi connectivity index (χ0) is 35.4. The van der Waals surface area contributed by atoms with Gasteiger partial charge in [-0.2, -0.15) is 0 Å². The Hall–Kier alpha value is 0.0700. The van der Waals surface area contributed by atoms with Gasteiger partial charge >= 0.3 is 7.82 Å². The van der Waals surface area contributed by atoms with Gasteiger partial charge in [-0.15, -0.1) is 0 Å². The highest BCUT2D eigenvalue weighted by Gasteiger charge is 2.24. The van der Waals surface area contributed by atoms with E-state index in [0.29, 0.717) is 23.6 Å². The molecule has 0 saturated carbocycles. The molecule has 290 valence electrons. The molecule has 48 heavy (non-hydrogen) atoms. The minimum absolute atomic E-state index is 0.236. The Bertz CT molecular complexity index is 683. The first-order valence-electron chi connectivity index (χ1n) is 21.6. The molecule has 0 amide bonds. The van der Waals surface area contributed by atoms with Crippen LogP contribution in [0, 0.1) is 5.92 Å². The van der Waals surface area contributed by atoms with E-state index in [0.717, 1.165) is 12.8 Å². The molecule has 0 heterocycles. The summed E-state index contributed by atoms with van der Waals surface area (Å²) in [6.45, 7) is 5.84. The van der Waals surface area contributed by atoms with Crippen LogP contribution in [0.1, 0.15) is 226 Å². The van der Waals surface area contributed by atoms with Gasteiger partial charge in [0.25, 0.3) is 0 Å². The van der Waals surface area contributed by atoms with Gasteiger partial charge in [0, 0.05) is 0 Å². The fourth-order valence-corrected chi connectivity index (χ4v) is 7.55. The van der Waals surface area contributed by atoms with E-state index in [1.807, 2.05) is 0 Å². The van der Waals surface area contributed by atoms with Crippen LogP contribution >= 0.6 is 7.82 Å². The van der Waals surface area contributed by atoms with Gasteiger partial charge in [-0.25, -0.2) is 4.57 Å². The third kappa shape index (κ3) is 38.9. The maximum atomic E-state index is 12.5. The van der Waals surface area contributed by atoms with Crippen LogP contribution in [0.2, 0.25) is 0 Å². The summed E-state index contributed by atoms with van der Waals surface area (Å²) in [6, 6.07) is 0. The van der Waals surface area contributed by atoms with Crippen molar-refractivity contribution >= 4 is 7.82 Å². The maximum Gasteiger partial charge on any atom is 0.472 e. The van der Waals surface area contributed by atoms with E-state index in [1.165, 1.54) is 199 Å². The van der Waals surface area contributed by atoms with Gasteiger partial charge in [0.05, 0.1) is 27.7 Å². The fourth-order valence-electron chi connectivity index (χ4n) is 6.76. The van der Waals surface area contributed by atoms with Crippen molar-refractivity contribution in [3.63, 3.8) is 0 Å². The number of hydrogen-bond donors (Lipinski definition) is 1. The summed E-state index contributed by atoms with van der Waals surface area (Å²) >= 11 is 0. The summed E-state index contributed by atoms with van der Waals surface area (Å²) in [6.07, 6.45) is 44.9. The number of likely N-dealkylation sites (N-methyl/N-ethyl adjacent to an activating group) is 1. The lowest BCUT2D eigenvalue weighted by Gasteiger charge is -2.24. The first kappa shape index (κ1) is 48.1. The number of unbranched alkanes of at least 4 members (excludes halogenated alkanes) is 29. The van der Waals surface area contributed by atoms with Crippen LogP contribution in [0.25, 0.3) is 0 Å². The third-order valence-electron chi connectivity index (χ3n) is 10.2. The summed E-state index contributed by atoms with van der Waals surface area (Å²) in [7, 11) is 2.17. The Balaban J connectivity index is 4.08. The van der Waals surface area contributed by atoms with Crippen LogP contribution in [0.4, 0.5) is 0 Å². The largest absolute Gasteiger partial charge is 0.472 e. The molecule has 0 aliphatic carbocycles. The molecule has 0 aromatic carbocycles. The topological polar surface area (TPSA) is 55.8 Å². The first-order valence-corrected chi connectivity index (χ1v) is 23.1. The second-order valence-electron chi connectivity index (χ2n) is 16.3. The zero-order valence-corrected chi connectivity index (χ0v) is 34.5. The van der Waals surface area contributed by atoms with Crippen LogP contribution in [-0.2, 0) is 13.6 Å². The maximum absolute atomic E-state index is 12.5. The molecule has 0 aromatic rings. The SMILES string of the molecule is CCCCCCCCCCCCCCCCCCC(CCCCCCCCCCCCCCCCC)COP(=O)(O)OCC[N+](C)(C)C. The van der Waals surface area contributed by atoms with Crippen molar-refractivity contribution in [3.05, 3.63) is 0 Å². The molecule has 0 aliphatic rings. The van der Waals surface area contributed by atoms with Gasteiger partial charge in [-0.05, 0) is 18.8 Å². The van der Waals surface area contributed by atoms with E-state index >= 15 is 0 Å². The van der Waals surface area contributed by atoms with Crippen molar-refractivity contribution in [2.45, 2.75) is 226 Å². The Morgan fingerprint density at radius 3 is 1.00 bits per heavy atom. The summed E-state index contributed by atoms with van der Waals surface area (Å²) < 4.78 is 24.1. The lowest BCUT2D eigenvalue weighted by molar-refractivity contribution is -0.870. The molecule has 5 nitrogen and oxygen atoms in total. The summed E-state index contributed by atoms with van der Waals surface area (Å²) in [5, 5.41) is 0. The van der Waals surface area contributed by atoms with Crippen LogP contribution in [0.15, 0.2) is 0 Å². The summed E-state index contributed by atoms with van der Waals surface area (Å²) in [5.41, 5.74) is 0. The highest BCUT2D eigenvalue weighted by atomic mass is 31.2. The average Bonchev–Trinajstić information content (AvgIpc) is 3.04. The molecule has 0 fully saturated rings. The molecule has 6 heteroatoms. The van der Waals surface area contributed by atoms with Crippen molar-refractivity contribution in [3.8, 4) is 0 Å². The quantitative estimate of drug-likeness (QED) is 0.0392. The first-order chi connectivity index (χ1) is 23.2. The summed E-state index contributed by atoms with van der Waals surface area (Å²) in [4.78, 5) is 10.3. The van der Waals surface area contributed by atoms with Crippen molar-refractivity contribution < 1.29 is 23.0 Å². The molecule has 0 aromatic heterocycles. The third-order valence-corrected chi connectivity index (χ3v) is 11.2. The van der Waals surface area contributed by atoms with Crippen LogP contribution in [0.3, 0.4) is 0 Å². The van der Waals surface area contributed by atoms with E-state index < -0.39 is 7.82 Å². The Morgan fingerprint density at radius 2 is 0.729 bits per heavy atom. The number of hydrogen-bond acceptors (Lipinski definition) is 3. The highest BCUT2D eigenvalue weighted by molar-refractivity contribution is 7.47. The minimum atomic E-state index is -3.99. The van der Waals surface area contributed by atoms with Gasteiger partial charge in [-0.1, -0.05) is 213 Å². The molecule has 0 saturated heterocycles. The monoisotopic (exact) mass is 703 g/mol. The normalized spacial score (nSPS) is 14.0. The molecule has 2 atom stereocenters. The van der Waals surface area contributed by atoms with Crippen LogP contribution in [-0.4, -0.2) is 50.3 Å². The van der Waals surface area contributed by atoms with Crippen LogP contribution < -0.4 is 0 Å². The molecular weight excluding hydrogens is 613 g/mol. The smallest absolute Gasteiger partial charge is 0.329 e. The summed E-state index contributed by atoms with van der Waals surface area (Å²) in [5.74, 6) is 0.348. The van der Waals surface area contributed by atoms with E-state index in [-0.39, 0.29) is 6.61 Å².